The van der Waals surface area contributed by atoms with Crippen LogP contribution in [-0.2, 0) is 6.42 Å². The zero-order valence-corrected chi connectivity index (χ0v) is 13.0. The van der Waals surface area contributed by atoms with Crippen LogP contribution >= 0.6 is 0 Å². The summed E-state index contributed by atoms with van der Waals surface area (Å²) in [5.74, 6) is 0. The van der Waals surface area contributed by atoms with Crippen LogP contribution in [0.3, 0.4) is 0 Å². The van der Waals surface area contributed by atoms with Crippen LogP contribution in [-0.4, -0.2) is 37.1 Å². The lowest BCUT2D eigenvalue weighted by Gasteiger charge is -2.25. The lowest BCUT2D eigenvalue weighted by molar-refractivity contribution is 0.244. The van der Waals surface area contributed by atoms with Crippen molar-refractivity contribution >= 4 is 0 Å². The van der Waals surface area contributed by atoms with Crippen LogP contribution in [0.4, 0.5) is 0 Å². The van der Waals surface area contributed by atoms with E-state index in [2.05, 4.69) is 68.4 Å². The largest absolute Gasteiger partial charge is 0.315 e. The summed E-state index contributed by atoms with van der Waals surface area (Å²) in [5, 5.41) is 3.48. The van der Waals surface area contributed by atoms with Crippen LogP contribution in [0.5, 0.6) is 0 Å². The minimum atomic E-state index is 0.603. The molecule has 0 aliphatic carbocycles. The summed E-state index contributed by atoms with van der Waals surface area (Å²) in [7, 11) is 2.24. The highest BCUT2D eigenvalue weighted by molar-refractivity contribution is 5.14. The van der Waals surface area contributed by atoms with Gasteiger partial charge in [0, 0.05) is 18.6 Å². The standard InChI is InChI=1S/C17H30N2/c1-15(2)18-13-8-9-16(3)19(4)14-12-17-10-6-5-7-11-17/h5-7,10-11,15-16,18H,8-9,12-14H2,1-4H3. The van der Waals surface area contributed by atoms with E-state index < -0.39 is 0 Å². The van der Waals surface area contributed by atoms with Gasteiger partial charge in [0.15, 0.2) is 0 Å². The zero-order valence-electron chi connectivity index (χ0n) is 13.0. The normalized spacial score (nSPS) is 13.2. The molecule has 0 aromatic heterocycles. The fraction of sp³-hybridized carbons (Fsp3) is 0.647. The Morgan fingerprint density at radius 3 is 2.42 bits per heavy atom. The zero-order chi connectivity index (χ0) is 14.1. The van der Waals surface area contributed by atoms with Gasteiger partial charge in [0.05, 0.1) is 0 Å². The van der Waals surface area contributed by atoms with Crippen molar-refractivity contribution in [2.24, 2.45) is 0 Å². The Hall–Kier alpha value is -0.860. The summed E-state index contributed by atoms with van der Waals surface area (Å²) in [6.45, 7) is 9.02. The van der Waals surface area contributed by atoms with Crippen LogP contribution in [0, 0.1) is 0 Å². The van der Waals surface area contributed by atoms with Gasteiger partial charge in [-0.05, 0) is 45.3 Å². The van der Waals surface area contributed by atoms with Crippen LogP contribution in [0.2, 0.25) is 0 Å². The third-order valence-electron chi connectivity index (χ3n) is 3.70. The second kappa shape index (κ2) is 9.11. The molecule has 0 radical (unpaired) electrons. The molecule has 0 heterocycles. The topological polar surface area (TPSA) is 15.3 Å². The van der Waals surface area contributed by atoms with E-state index in [4.69, 9.17) is 0 Å². The number of benzene rings is 1. The summed E-state index contributed by atoms with van der Waals surface area (Å²) in [6, 6.07) is 12.0. The molecular formula is C17H30N2. The van der Waals surface area contributed by atoms with Crippen molar-refractivity contribution in [3.63, 3.8) is 0 Å². The first-order valence-electron chi connectivity index (χ1n) is 7.57. The van der Waals surface area contributed by atoms with Crippen molar-refractivity contribution in [2.75, 3.05) is 20.1 Å². The molecule has 2 nitrogen and oxygen atoms in total. The van der Waals surface area contributed by atoms with Gasteiger partial charge in [-0.1, -0.05) is 44.2 Å². The van der Waals surface area contributed by atoms with E-state index in [1.54, 1.807) is 0 Å². The Labute approximate surface area is 119 Å². The third kappa shape index (κ3) is 7.34. The predicted octanol–water partition coefficient (Wildman–Crippen LogP) is 3.33. The highest BCUT2D eigenvalue weighted by atomic mass is 15.1. The third-order valence-corrected chi connectivity index (χ3v) is 3.70. The molecule has 19 heavy (non-hydrogen) atoms. The molecule has 1 aromatic carbocycles. The number of nitrogens with zero attached hydrogens (tertiary/aromatic N) is 1. The van der Waals surface area contributed by atoms with E-state index in [1.165, 1.54) is 18.4 Å². The van der Waals surface area contributed by atoms with Crippen LogP contribution < -0.4 is 5.32 Å². The van der Waals surface area contributed by atoms with E-state index in [-0.39, 0.29) is 0 Å². The van der Waals surface area contributed by atoms with Gasteiger partial charge in [0.2, 0.25) is 0 Å². The lowest BCUT2D eigenvalue weighted by Crippen LogP contribution is -2.32. The number of hydrogen-bond acceptors (Lipinski definition) is 2. The molecule has 1 atom stereocenters. The number of nitrogens with one attached hydrogen (secondary N) is 1. The molecule has 0 saturated carbocycles. The lowest BCUT2D eigenvalue weighted by atomic mass is 10.1. The minimum absolute atomic E-state index is 0.603. The first-order valence-corrected chi connectivity index (χ1v) is 7.57. The SMILES string of the molecule is CC(C)NCCCC(C)N(C)CCc1ccccc1. The summed E-state index contributed by atoms with van der Waals surface area (Å²) in [6.07, 6.45) is 3.67. The molecule has 1 N–H and O–H groups in total. The first kappa shape index (κ1) is 16.2. The fourth-order valence-electron chi connectivity index (χ4n) is 2.18. The Morgan fingerprint density at radius 2 is 1.79 bits per heavy atom. The second-order valence-electron chi connectivity index (χ2n) is 5.82. The van der Waals surface area contributed by atoms with Crippen LogP contribution in [0.25, 0.3) is 0 Å². The summed E-state index contributed by atoms with van der Waals surface area (Å²) in [4.78, 5) is 2.47. The van der Waals surface area contributed by atoms with Gasteiger partial charge in [-0.25, -0.2) is 0 Å². The maximum absolute atomic E-state index is 3.48. The van der Waals surface area contributed by atoms with Gasteiger partial charge < -0.3 is 10.2 Å². The molecule has 0 fully saturated rings. The maximum atomic E-state index is 3.48. The summed E-state index contributed by atoms with van der Waals surface area (Å²) < 4.78 is 0. The summed E-state index contributed by atoms with van der Waals surface area (Å²) in [5.41, 5.74) is 1.43. The van der Waals surface area contributed by atoms with Crippen molar-refractivity contribution < 1.29 is 0 Å². The second-order valence-corrected chi connectivity index (χ2v) is 5.82. The molecule has 0 aliphatic heterocycles. The monoisotopic (exact) mass is 262 g/mol. The van der Waals surface area contributed by atoms with Crippen molar-refractivity contribution in [3.8, 4) is 0 Å². The first-order chi connectivity index (χ1) is 9.09. The Morgan fingerprint density at radius 1 is 1.11 bits per heavy atom. The molecule has 2 heteroatoms. The minimum Gasteiger partial charge on any atom is -0.315 e. The number of hydrogen-bond donors (Lipinski definition) is 1. The highest BCUT2D eigenvalue weighted by Gasteiger charge is 2.08. The maximum Gasteiger partial charge on any atom is 0.00644 e. The quantitative estimate of drug-likeness (QED) is 0.687. The smallest absolute Gasteiger partial charge is 0.00644 e. The van der Waals surface area contributed by atoms with Gasteiger partial charge >= 0.3 is 0 Å². The van der Waals surface area contributed by atoms with Crippen molar-refractivity contribution in [1.82, 2.24) is 10.2 Å². The number of rotatable bonds is 9. The van der Waals surface area contributed by atoms with Gasteiger partial charge in [0.25, 0.3) is 0 Å². The number of likely N-dealkylation sites (N-methyl/N-ethyl adjacent to an activating group) is 1. The van der Waals surface area contributed by atoms with E-state index in [1.807, 2.05) is 0 Å². The Kier molecular flexibility index (Phi) is 7.76. The molecule has 1 unspecified atom stereocenters. The molecule has 108 valence electrons. The summed E-state index contributed by atoms with van der Waals surface area (Å²) >= 11 is 0. The molecule has 0 aliphatic rings. The Balaban J connectivity index is 2.16. The molecule has 0 bridgehead atoms. The molecule has 0 saturated heterocycles. The fourth-order valence-corrected chi connectivity index (χ4v) is 2.18. The highest BCUT2D eigenvalue weighted by Crippen LogP contribution is 2.07. The van der Waals surface area contributed by atoms with Crippen molar-refractivity contribution in [3.05, 3.63) is 35.9 Å². The van der Waals surface area contributed by atoms with Gasteiger partial charge in [-0.3, -0.25) is 0 Å². The van der Waals surface area contributed by atoms with Gasteiger partial charge in [-0.15, -0.1) is 0 Å². The van der Waals surface area contributed by atoms with Crippen molar-refractivity contribution in [2.45, 2.75) is 52.1 Å². The van der Waals surface area contributed by atoms with Crippen molar-refractivity contribution in [1.29, 1.82) is 0 Å². The Bertz CT molecular complexity index is 321. The average molecular weight is 262 g/mol. The van der Waals surface area contributed by atoms with E-state index in [9.17, 15) is 0 Å². The predicted molar refractivity (Wildman–Crippen MR) is 84.6 cm³/mol. The molecule has 0 amide bonds. The molecule has 1 rings (SSSR count). The molecule has 1 aromatic rings. The van der Waals surface area contributed by atoms with Gasteiger partial charge in [0.1, 0.15) is 0 Å². The van der Waals surface area contributed by atoms with E-state index >= 15 is 0 Å². The molecular weight excluding hydrogens is 232 g/mol. The van der Waals surface area contributed by atoms with E-state index in [0.717, 1.165) is 19.5 Å². The van der Waals surface area contributed by atoms with E-state index in [0.29, 0.717) is 12.1 Å². The molecule has 0 spiro atoms. The average Bonchev–Trinajstić information content (AvgIpc) is 2.41. The van der Waals surface area contributed by atoms with Crippen LogP contribution in [0.1, 0.15) is 39.2 Å². The van der Waals surface area contributed by atoms with Crippen LogP contribution in [0.15, 0.2) is 30.3 Å². The van der Waals surface area contributed by atoms with Gasteiger partial charge in [-0.2, -0.15) is 0 Å².